The van der Waals surface area contributed by atoms with Crippen molar-refractivity contribution in [3.05, 3.63) is 58.7 Å². The van der Waals surface area contributed by atoms with E-state index in [2.05, 4.69) is 45.7 Å². The Bertz CT molecular complexity index is 1010. The van der Waals surface area contributed by atoms with Gasteiger partial charge < -0.3 is 15.5 Å². The lowest BCUT2D eigenvalue weighted by molar-refractivity contribution is -0.136. The third-order valence-electron chi connectivity index (χ3n) is 6.97. The fraction of sp³-hybridized carbons (Fsp3) is 0.481. The van der Waals surface area contributed by atoms with Gasteiger partial charge in [-0.25, -0.2) is 0 Å². The Hall–Kier alpha value is -2.86. The molecule has 0 saturated carbocycles. The summed E-state index contributed by atoms with van der Waals surface area (Å²) < 4.78 is 0. The SMILES string of the molecule is Cc1ccc(C)c(NC(=O)C(=O)NC[C@H](c2ccc3c(c2)CCCN3C)N2CCCCC2)c1. The van der Waals surface area contributed by atoms with Crippen LogP contribution in [0.1, 0.15) is 54.0 Å². The number of piperidine rings is 1. The molecule has 0 radical (unpaired) electrons. The second-order valence-corrected chi connectivity index (χ2v) is 9.51. The summed E-state index contributed by atoms with van der Waals surface area (Å²) in [6.07, 6.45) is 5.85. The van der Waals surface area contributed by atoms with E-state index in [0.717, 1.165) is 43.6 Å². The maximum absolute atomic E-state index is 12.7. The highest BCUT2D eigenvalue weighted by molar-refractivity contribution is 6.39. The van der Waals surface area contributed by atoms with Crippen molar-refractivity contribution in [2.75, 3.05) is 43.4 Å². The average molecular weight is 449 g/mol. The number of rotatable bonds is 5. The number of likely N-dealkylation sites (tertiary alicyclic amines) is 1. The number of anilines is 2. The van der Waals surface area contributed by atoms with Gasteiger partial charge in [0.25, 0.3) is 0 Å². The second-order valence-electron chi connectivity index (χ2n) is 9.51. The fourth-order valence-electron chi connectivity index (χ4n) is 5.02. The number of amides is 2. The lowest BCUT2D eigenvalue weighted by Crippen LogP contribution is -2.43. The minimum Gasteiger partial charge on any atom is -0.374 e. The largest absolute Gasteiger partial charge is 0.374 e. The maximum Gasteiger partial charge on any atom is 0.313 e. The van der Waals surface area contributed by atoms with E-state index < -0.39 is 11.8 Å². The Morgan fingerprint density at radius 2 is 1.73 bits per heavy atom. The Morgan fingerprint density at radius 1 is 0.939 bits per heavy atom. The zero-order valence-electron chi connectivity index (χ0n) is 20.1. The number of nitrogens with one attached hydrogen (secondary N) is 2. The van der Waals surface area contributed by atoms with Gasteiger partial charge in [-0.2, -0.15) is 0 Å². The summed E-state index contributed by atoms with van der Waals surface area (Å²) in [6.45, 7) is 7.45. The number of hydrogen-bond donors (Lipinski definition) is 2. The zero-order chi connectivity index (χ0) is 23.4. The predicted octanol–water partition coefficient (Wildman–Crippen LogP) is 3.97. The van der Waals surface area contributed by atoms with Crippen molar-refractivity contribution in [1.29, 1.82) is 0 Å². The molecular weight excluding hydrogens is 412 g/mol. The van der Waals surface area contributed by atoms with Crippen LogP contribution in [0.3, 0.4) is 0 Å². The molecule has 1 fully saturated rings. The highest BCUT2D eigenvalue weighted by Gasteiger charge is 2.26. The predicted molar refractivity (Wildman–Crippen MR) is 134 cm³/mol. The van der Waals surface area contributed by atoms with Crippen molar-refractivity contribution in [1.82, 2.24) is 10.2 Å². The number of aryl methyl sites for hydroxylation is 3. The molecule has 0 spiro atoms. The van der Waals surface area contributed by atoms with E-state index in [1.54, 1.807) is 0 Å². The third-order valence-corrected chi connectivity index (χ3v) is 6.97. The molecule has 4 rings (SSSR count). The summed E-state index contributed by atoms with van der Waals surface area (Å²) in [5, 5.41) is 5.69. The topological polar surface area (TPSA) is 64.7 Å². The van der Waals surface area contributed by atoms with Gasteiger partial charge in [0.2, 0.25) is 0 Å². The summed E-state index contributed by atoms with van der Waals surface area (Å²) >= 11 is 0. The van der Waals surface area contributed by atoms with Gasteiger partial charge in [0.05, 0.1) is 6.04 Å². The number of hydrogen-bond acceptors (Lipinski definition) is 4. The summed E-state index contributed by atoms with van der Waals surface area (Å²) in [5.41, 5.74) is 6.57. The van der Waals surface area contributed by atoms with Crippen molar-refractivity contribution < 1.29 is 9.59 Å². The summed E-state index contributed by atoms with van der Waals surface area (Å²) in [5.74, 6) is -1.20. The van der Waals surface area contributed by atoms with E-state index in [1.165, 1.54) is 36.1 Å². The van der Waals surface area contributed by atoms with Crippen LogP contribution in [0.5, 0.6) is 0 Å². The number of carbonyl (C=O) groups is 2. The first kappa shape index (κ1) is 23.3. The molecule has 1 saturated heterocycles. The Morgan fingerprint density at radius 3 is 2.52 bits per heavy atom. The maximum atomic E-state index is 12.7. The lowest BCUT2D eigenvalue weighted by Gasteiger charge is -2.36. The molecule has 2 aromatic rings. The van der Waals surface area contributed by atoms with E-state index in [1.807, 2.05) is 32.0 Å². The molecule has 2 heterocycles. The van der Waals surface area contributed by atoms with Gasteiger partial charge in [0.15, 0.2) is 0 Å². The molecule has 2 amide bonds. The standard InChI is InChI=1S/C27H36N4O2/c1-19-9-10-20(2)23(16-19)29-27(33)26(32)28-18-25(31-14-5-4-6-15-31)22-11-12-24-21(17-22)8-7-13-30(24)3/h9-12,16-17,25H,4-8,13-15,18H2,1-3H3,(H,28,32)(H,29,33)/t25-/m1/s1. The molecule has 0 unspecified atom stereocenters. The quantitative estimate of drug-likeness (QED) is 0.680. The Kier molecular flexibility index (Phi) is 7.33. The number of carbonyl (C=O) groups excluding carboxylic acids is 2. The first-order valence-electron chi connectivity index (χ1n) is 12.2. The first-order chi connectivity index (χ1) is 15.9. The molecule has 1 atom stereocenters. The highest BCUT2D eigenvalue weighted by Crippen LogP contribution is 2.31. The number of nitrogens with zero attached hydrogens (tertiary/aromatic N) is 2. The first-order valence-corrected chi connectivity index (χ1v) is 12.2. The zero-order valence-corrected chi connectivity index (χ0v) is 20.1. The van der Waals surface area contributed by atoms with Gasteiger partial charge in [0, 0.05) is 31.5 Å². The molecule has 0 bridgehead atoms. The molecule has 0 aromatic heterocycles. The molecule has 2 N–H and O–H groups in total. The van der Waals surface area contributed by atoms with Crippen LogP contribution < -0.4 is 15.5 Å². The van der Waals surface area contributed by atoms with Crippen molar-refractivity contribution in [2.24, 2.45) is 0 Å². The number of fused-ring (bicyclic) bond motifs is 1. The Balaban J connectivity index is 1.47. The van der Waals surface area contributed by atoms with Crippen LogP contribution in [-0.4, -0.2) is 49.9 Å². The van der Waals surface area contributed by atoms with Crippen molar-refractivity contribution >= 4 is 23.2 Å². The minimum atomic E-state index is -0.617. The highest BCUT2D eigenvalue weighted by atomic mass is 16.2. The van der Waals surface area contributed by atoms with Gasteiger partial charge in [-0.3, -0.25) is 14.5 Å². The van der Waals surface area contributed by atoms with E-state index in [4.69, 9.17) is 0 Å². The van der Waals surface area contributed by atoms with Crippen molar-refractivity contribution in [2.45, 2.75) is 52.0 Å². The lowest BCUT2D eigenvalue weighted by atomic mass is 9.95. The number of benzene rings is 2. The molecule has 6 heteroatoms. The van der Waals surface area contributed by atoms with Gasteiger partial charge >= 0.3 is 11.8 Å². The normalized spacial score (nSPS) is 17.2. The average Bonchev–Trinajstić information content (AvgIpc) is 2.82. The summed E-state index contributed by atoms with van der Waals surface area (Å²) in [7, 11) is 2.15. The fourth-order valence-corrected chi connectivity index (χ4v) is 5.02. The van der Waals surface area contributed by atoms with Gasteiger partial charge in [0.1, 0.15) is 0 Å². The van der Waals surface area contributed by atoms with E-state index in [-0.39, 0.29) is 6.04 Å². The van der Waals surface area contributed by atoms with Crippen LogP contribution in [-0.2, 0) is 16.0 Å². The monoisotopic (exact) mass is 448 g/mol. The van der Waals surface area contributed by atoms with Crippen LogP contribution >= 0.6 is 0 Å². The minimum absolute atomic E-state index is 0.0697. The molecule has 2 aliphatic rings. The molecule has 0 aliphatic carbocycles. The van der Waals surface area contributed by atoms with E-state index in [0.29, 0.717) is 12.2 Å². The summed E-state index contributed by atoms with van der Waals surface area (Å²) in [4.78, 5) is 30.1. The molecule has 2 aromatic carbocycles. The van der Waals surface area contributed by atoms with Crippen LogP contribution in [0.15, 0.2) is 36.4 Å². The molecule has 2 aliphatic heterocycles. The third kappa shape index (κ3) is 5.56. The smallest absolute Gasteiger partial charge is 0.313 e. The molecule has 6 nitrogen and oxygen atoms in total. The molecular formula is C27H36N4O2. The van der Waals surface area contributed by atoms with Crippen molar-refractivity contribution in [3.8, 4) is 0 Å². The van der Waals surface area contributed by atoms with Gasteiger partial charge in [-0.15, -0.1) is 0 Å². The van der Waals surface area contributed by atoms with Crippen molar-refractivity contribution in [3.63, 3.8) is 0 Å². The molecule has 176 valence electrons. The van der Waals surface area contributed by atoms with Crippen LogP contribution in [0.4, 0.5) is 11.4 Å². The van der Waals surface area contributed by atoms with Crippen LogP contribution in [0.25, 0.3) is 0 Å². The van der Waals surface area contributed by atoms with Crippen LogP contribution in [0.2, 0.25) is 0 Å². The van der Waals surface area contributed by atoms with Gasteiger partial charge in [-0.05, 0) is 87.0 Å². The van der Waals surface area contributed by atoms with Crippen LogP contribution in [0, 0.1) is 13.8 Å². The van der Waals surface area contributed by atoms with E-state index >= 15 is 0 Å². The van der Waals surface area contributed by atoms with E-state index in [9.17, 15) is 9.59 Å². The van der Waals surface area contributed by atoms with Gasteiger partial charge in [-0.1, -0.05) is 30.7 Å². The molecule has 33 heavy (non-hydrogen) atoms. The second kappa shape index (κ2) is 10.4. The summed E-state index contributed by atoms with van der Waals surface area (Å²) in [6, 6.07) is 12.6. The Labute approximate surface area is 197 Å².